The van der Waals surface area contributed by atoms with Crippen LogP contribution in [-0.4, -0.2) is 15.0 Å². The Bertz CT molecular complexity index is 1120. The van der Waals surface area contributed by atoms with E-state index in [2.05, 4.69) is 37.7 Å². The monoisotopic (exact) mass is 401 g/mol. The van der Waals surface area contributed by atoms with Crippen LogP contribution in [0, 0.1) is 6.92 Å². The molecule has 5 nitrogen and oxygen atoms in total. The van der Waals surface area contributed by atoms with Crippen LogP contribution in [0.25, 0.3) is 11.3 Å². The Kier molecular flexibility index (Phi) is 5.68. The Balaban J connectivity index is 1.56. The smallest absolute Gasteiger partial charge is 0.227 e. The lowest BCUT2D eigenvalue weighted by Gasteiger charge is -2.13. The van der Waals surface area contributed by atoms with Crippen molar-refractivity contribution >= 4 is 29.1 Å². The molecule has 0 aliphatic rings. The van der Waals surface area contributed by atoms with E-state index in [4.69, 9.17) is 11.6 Å². The molecule has 0 unspecified atom stereocenters. The van der Waals surface area contributed by atoms with E-state index >= 15 is 0 Å². The third kappa shape index (κ3) is 4.70. The molecule has 2 aromatic carbocycles. The van der Waals surface area contributed by atoms with Crippen LogP contribution in [0.5, 0.6) is 0 Å². The van der Waals surface area contributed by atoms with E-state index in [0.717, 1.165) is 28.3 Å². The maximum Gasteiger partial charge on any atom is 0.227 e. The number of hydrogen-bond donors (Lipinski definition) is 2. The minimum Gasteiger partial charge on any atom is -0.366 e. The van der Waals surface area contributed by atoms with Crippen LogP contribution in [0.15, 0.2) is 79.1 Å². The number of hydrogen-bond acceptors (Lipinski definition) is 5. The lowest BCUT2D eigenvalue weighted by Crippen LogP contribution is -2.04. The fourth-order valence-corrected chi connectivity index (χ4v) is 3.23. The lowest BCUT2D eigenvalue weighted by molar-refractivity contribution is 1.09. The molecule has 0 amide bonds. The number of nitrogens with zero attached hydrogens (tertiary/aromatic N) is 3. The van der Waals surface area contributed by atoms with E-state index in [0.29, 0.717) is 17.5 Å². The summed E-state index contributed by atoms with van der Waals surface area (Å²) in [5.74, 6) is 1.36. The Labute approximate surface area is 174 Å². The molecule has 0 saturated heterocycles. The van der Waals surface area contributed by atoms with Gasteiger partial charge in [0.1, 0.15) is 5.82 Å². The molecule has 0 aliphatic heterocycles. The van der Waals surface area contributed by atoms with Gasteiger partial charge in [-0.15, -0.1) is 0 Å². The molecule has 144 valence electrons. The molecule has 0 spiro atoms. The second kappa shape index (κ2) is 8.71. The highest BCUT2D eigenvalue weighted by molar-refractivity contribution is 6.30. The van der Waals surface area contributed by atoms with E-state index in [1.807, 2.05) is 61.5 Å². The highest BCUT2D eigenvalue weighted by Crippen LogP contribution is 2.27. The first kappa shape index (κ1) is 18.9. The zero-order valence-corrected chi connectivity index (χ0v) is 16.7. The van der Waals surface area contributed by atoms with Gasteiger partial charge in [0.2, 0.25) is 5.95 Å². The van der Waals surface area contributed by atoms with Crippen LogP contribution in [-0.2, 0) is 6.54 Å². The molecule has 6 heteroatoms. The Morgan fingerprint density at radius 2 is 1.72 bits per heavy atom. The van der Waals surface area contributed by atoms with Crippen molar-refractivity contribution < 1.29 is 0 Å². The zero-order valence-electron chi connectivity index (χ0n) is 15.9. The number of pyridine rings is 1. The number of anilines is 3. The van der Waals surface area contributed by atoms with Gasteiger partial charge in [-0.1, -0.05) is 48.0 Å². The predicted molar refractivity (Wildman–Crippen MR) is 119 cm³/mol. The van der Waals surface area contributed by atoms with Gasteiger partial charge in [0.05, 0.1) is 5.69 Å². The van der Waals surface area contributed by atoms with Crippen molar-refractivity contribution in [3.8, 4) is 11.3 Å². The van der Waals surface area contributed by atoms with Gasteiger partial charge in [0, 0.05) is 40.8 Å². The molecular formula is C23H20ClN5. The SMILES string of the molecule is Cc1c(-c2ccnc(Nc3cccc(Cl)c3)n2)ccnc1NCc1ccccc1. The van der Waals surface area contributed by atoms with Crippen LogP contribution in [0.2, 0.25) is 5.02 Å². The lowest BCUT2D eigenvalue weighted by atomic mass is 10.1. The summed E-state index contributed by atoms with van der Waals surface area (Å²) in [5.41, 5.74) is 4.91. The summed E-state index contributed by atoms with van der Waals surface area (Å²) < 4.78 is 0. The van der Waals surface area contributed by atoms with Gasteiger partial charge in [-0.05, 0) is 42.8 Å². The van der Waals surface area contributed by atoms with E-state index in [9.17, 15) is 0 Å². The second-order valence-electron chi connectivity index (χ2n) is 6.57. The third-order valence-electron chi connectivity index (χ3n) is 4.52. The summed E-state index contributed by atoms with van der Waals surface area (Å²) in [5, 5.41) is 7.27. The number of benzene rings is 2. The van der Waals surface area contributed by atoms with Gasteiger partial charge in [-0.25, -0.2) is 15.0 Å². The Hall–Kier alpha value is -3.44. The molecule has 2 heterocycles. The van der Waals surface area contributed by atoms with E-state index in [-0.39, 0.29) is 0 Å². The fraction of sp³-hybridized carbons (Fsp3) is 0.0870. The molecule has 0 saturated carbocycles. The molecule has 4 aromatic rings. The van der Waals surface area contributed by atoms with Crippen molar-refractivity contribution in [3.63, 3.8) is 0 Å². The molecule has 0 fully saturated rings. The van der Waals surface area contributed by atoms with Crippen LogP contribution in [0.4, 0.5) is 17.5 Å². The first-order chi connectivity index (χ1) is 14.2. The van der Waals surface area contributed by atoms with Crippen molar-refractivity contribution in [2.45, 2.75) is 13.5 Å². The number of nitrogens with one attached hydrogen (secondary N) is 2. The van der Waals surface area contributed by atoms with Crippen molar-refractivity contribution in [1.29, 1.82) is 0 Å². The quantitative estimate of drug-likeness (QED) is 0.424. The zero-order chi connectivity index (χ0) is 20.1. The van der Waals surface area contributed by atoms with Gasteiger partial charge in [-0.2, -0.15) is 0 Å². The maximum atomic E-state index is 6.06. The topological polar surface area (TPSA) is 62.7 Å². The largest absolute Gasteiger partial charge is 0.366 e. The summed E-state index contributed by atoms with van der Waals surface area (Å²) >= 11 is 6.06. The minimum atomic E-state index is 0.514. The van der Waals surface area contributed by atoms with Crippen molar-refractivity contribution in [2.75, 3.05) is 10.6 Å². The first-order valence-electron chi connectivity index (χ1n) is 9.28. The predicted octanol–water partition coefficient (Wildman–Crippen LogP) is 5.86. The molecule has 0 aliphatic carbocycles. The Morgan fingerprint density at radius 1 is 0.897 bits per heavy atom. The van der Waals surface area contributed by atoms with E-state index in [1.54, 1.807) is 12.4 Å². The van der Waals surface area contributed by atoms with Gasteiger partial charge < -0.3 is 10.6 Å². The summed E-state index contributed by atoms with van der Waals surface area (Å²) in [4.78, 5) is 13.5. The average molecular weight is 402 g/mol. The standard InChI is InChI=1S/C23H20ClN5/c1-16-20(10-12-25-22(16)27-15-17-6-3-2-4-7-17)21-11-13-26-23(29-21)28-19-9-5-8-18(24)14-19/h2-14H,15H2,1H3,(H,25,27)(H,26,28,29). The van der Waals surface area contributed by atoms with Crippen LogP contribution >= 0.6 is 11.6 Å². The third-order valence-corrected chi connectivity index (χ3v) is 4.75. The number of halogens is 1. The Morgan fingerprint density at radius 3 is 2.55 bits per heavy atom. The summed E-state index contributed by atoms with van der Waals surface area (Å²) in [6.45, 7) is 2.76. The molecule has 2 N–H and O–H groups in total. The van der Waals surface area contributed by atoms with Gasteiger partial charge >= 0.3 is 0 Å². The average Bonchev–Trinajstić information content (AvgIpc) is 2.74. The van der Waals surface area contributed by atoms with Crippen LogP contribution < -0.4 is 10.6 Å². The molecule has 0 bridgehead atoms. The fourth-order valence-electron chi connectivity index (χ4n) is 3.04. The van der Waals surface area contributed by atoms with Crippen LogP contribution in [0.3, 0.4) is 0 Å². The summed E-state index contributed by atoms with van der Waals surface area (Å²) in [6, 6.07) is 21.6. The summed E-state index contributed by atoms with van der Waals surface area (Å²) in [6.07, 6.45) is 3.54. The van der Waals surface area contributed by atoms with Gasteiger partial charge in [0.15, 0.2) is 0 Å². The highest BCUT2D eigenvalue weighted by Gasteiger charge is 2.10. The van der Waals surface area contributed by atoms with E-state index in [1.165, 1.54) is 5.56 Å². The maximum absolute atomic E-state index is 6.06. The minimum absolute atomic E-state index is 0.514. The molecule has 4 rings (SSSR count). The van der Waals surface area contributed by atoms with Gasteiger partial charge in [0.25, 0.3) is 0 Å². The number of rotatable bonds is 6. The van der Waals surface area contributed by atoms with Crippen molar-refractivity contribution in [2.24, 2.45) is 0 Å². The van der Waals surface area contributed by atoms with Crippen molar-refractivity contribution in [1.82, 2.24) is 15.0 Å². The molecule has 0 atom stereocenters. The molecule has 0 radical (unpaired) electrons. The molecular weight excluding hydrogens is 382 g/mol. The van der Waals surface area contributed by atoms with Gasteiger partial charge in [-0.3, -0.25) is 0 Å². The normalized spacial score (nSPS) is 10.6. The number of aromatic nitrogens is 3. The first-order valence-corrected chi connectivity index (χ1v) is 9.66. The van der Waals surface area contributed by atoms with Crippen LogP contribution in [0.1, 0.15) is 11.1 Å². The van der Waals surface area contributed by atoms with Crippen molar-refractivity contribution in [3.05, 3.63) is 95.3 Å². The van der Waals surface area contributed by atoms with E-state index < -0.39 is 0 Å². The molecule has 2 aromatic heterocycles. The highest BCUT2D eigenvalue weighted by atomic mass is 35.5. The summed E-state index contributed by atoms with van der Waals surface area (Å²) in [7, 11) is 0. The molecule has 29 heavy (non-hydrogen) atoms. The second-order valence-corrected chi connectivity index (χ2v) is 7.01.